The smallest absolute Gasteiger partial charge is 0.254 e. The number of hydrogen-bond acceptors (Lipinski definition) is 2. The molecular weight excluding hydrogens is 294 g/mol. The second-order valence-electron chi connectivity index (χ2n) is 4.94. The summed E-state index contributed by atoms with van der Waals surface area (Å²) in [6.45, 7) is 4.76. The summed E-state index contributed by atoms with van der Waals surface area (Å²) < 4.78 is 0. The molecule has 2 rings (SSSR count). The van der Waals surface area contributed by atoms with Crippen LogP contribution in [0.1, 0.15) is 29.3 Å². The van der Waals surface area contributed by atoms with Gasteiger partial charge in [-0.05, 0) is 31.4 Å². The fourth-order valence-corrected chi connectivity index (χ4v) is 3.49. The minimum Gasteiger partial charge on any atom is -0.508 e. The second kappa shape index (κ2) is 5.31. The zero-order chi connectivity index (χ0) is 13.3. The Bertz CT molecular complexity index is 461. The summed E-state index contributed by atoms with van der Waals surface area (Å²) in [6, 6.07) is 5.36. The van der Waals surface area contributed by atoms with E-state index in [0.717, 1.165) is 18.3 Å². The van der Waals surface area contributed by atoms with E-state index in [9.17, 15) is 9.90 Å². The predicted octanol–water partition coefficient (Wildman–Crippen LogP) is 2.95. The van der Waals surface area contributed by atoms with Crippen LogP contribution in [0.5, 0.6) is 5.75 Å². The first-order chi connectivity index (χ1) is 8.56. The molecule has 4 heteroatoms. The van der Waals surface area contributed by atoms with Crippen molar-refractivity contribution in [2.75, 3.05) is 11.9 Å². The maximum atomic E-state index is 12.5. The van der Waals surface area contributed by atoms with Crippen LogP contribution in [0.2, 0.25) is 0 Å². The van der Waals surface area contributed by atoms with E-state index in [0.29, 0.717) is 17.0 Å². The zero-order valence-electron chi connectivity index (χ0n) is 10.7. The Labute approximate surface area is 116 Å². The van der Waals surface area contributed by atoms with Crippen LogP contribution >= 0.6 is 15.9 Å². The lowest BCUT2D eigenvalue weighted by molar-refractivity contribution is 0.0737. The Morgan fingerprint density at radius 1 is 1.56 bits per heavy atom. The van der Waals surface area contributed by atoms with Gasteiger partial charge in [-0.25, -0.2) is 0 Å². The highest BCUT2D eigenvalue weighted by Gasteiger charge is 2.34. The third-order valence-electron chi connectivity index (χ3n) is 3.84. The molecule has 98 valence electrons. The summed E-state index contributed by atoms with van der Waals surface area (Å²) >= 11 is 3.49. The van der Waals surface area contributed by atoms with Gasteiger partial charge in [0, 0.05) is 29.0 Å². The fourth-order valence-electron chi connectivity index (χ4n) is 2.51. The molecule has 2 atom stereocenters. The van der Waals surface area contributed by atoms with Gasteiger partial charge in [0.1, 0.15) is 5.75 Å². The van der Waals surface area contributed by atoms with Gasteiger partial charge in [-0.2, -0.15) is 0 Å². The van der Waals surface area contributed by atoms with Gasteiger partial charge in [-0.15, -0.1) is 0 Å². The summed E-state index contributed by atoms with van der Waals surface area (Å²) in [5, 5.41) is 10.5. The first-order valence-electron chi connectivity index (χ1n) is 6.21. The molecule has 18 heavy (non-hydrogen) atoms. The third kappa shape index (κ3) is 2.26. The average molecular weight is 312 g/mol. The number of nitrogens with zero attached hydrogens (tertiary/aromatic N) is 1. The lowest BCUT2D eigenvalue weighted by Crippen LogP contribution is -2.38. The Hall–Kier alpha value is -1.03. The van der Waals surface area contributed by atoms with E-state index in [4.69, 9.17) is 0 Å². The highest BCUT2D eigenvalue weighted by Crippen LogP contribution is 2.29. The zero-order valence-corrected chi connectivity index (χ0v) is 12.3. The number of hydrogen-bond donors (Lipinski definition) is 1. The molecule has 0 bridgehead atoms. The van der Waals surface area contributed by atoms with Gasteiger partial charge in [-0.3, -0.25) is 4.79 Å². The molecule has 3 nitrogen and oxygen atoms in total. The second-order valence-corrected chi connectivity index (χ2v) is 5.58. The first-order valence-corrected chi connectivity index (χ1v) is 7.34. The molecule has 0 aromatic heterocycles. The molecule has 1 aromatic rings. The maximum Gasteiger partial charge on any atom is 0.254 e. The largest absolute Gasteiger partial charge is 0.508 e. The summed E-state index contributed by atoms with van der Waals surface area (Å²) in [4.78, 5) is 14.4. The number of carbonyl (C=O) groups excluding carboxylic acids is 1. The predicted molar refractivity (Wildman–Crippen MR) is 75.2 cm³/mol. The van der Waals surface area contributed by atoms with Gasteiger partial charge in [0.05, 0.1) is 0 Å². The fraction of sp³-hybridized carbons (Fsp3) is 0.500. The quantitative estimate of drug-likeness (QED) is 0.853. The molecule has 0 radical (unpaired) electrons. The Morgan fingerprint density at radius 3 is 2.94 bits per heavy atom. The van der Waals surface area contributed by atoms with Crippen LogP contribution in [0.15, 0.2) is 18.2 Å². The van der Waals surface area contributed by atoms with Crippen molar-refractivity contribution in [3.8, 4) is 5.75 Å². The number of halogens is 1. The molecular formula is C14H18BrNO2. The van der Waals surface area contributed by atoms with E-state index in [1.165, 1.54) is 0 Å². The minimum atomic E-state index is 0.0252. The van der Waals surface area contributed by atoms with Crippen molar-refractivity contribution in [3.05, 3.63) is 29.3 Å². The van der Waals surface area contributed by atoms with Crippen molar-refractivity contribution in [2.45, 2.75) is 26.3 Å². The molecule has 1 saturated heterocycles. The molecule has 1 fully saturated rings. The van der Waals surface area contributed by atoms with Crippen LogP contribution in [0, 0.1) is 12.8 Å². The Kier molecular flexibility index (Phi) is 3.95. The minimum absolute atomic E-state index is 0.0252. The molecule has 2 unspecified atom stereocenters. The monoisotopic (exact) mass is 311 g/mol. The van der Waals surface area contributed by atoms with Crippen molar-refractivity contribution in [3.63, 3.8) is 0 Å². The molecule has 1 amide bonds. The number of rotatable bonds is 2. The van der Waals surface area contributed by atoms with E-state index < -0.39 is 0 Å². The number of carbonyl (C=O) groups is 1. The number of phenols is 1. The van der Waals surface area contributed by atoms with Gasteiger partial charge in [-0.1, -0.05) is 28.9 Å². The first kappa shape index (κ1) is 13.4. The molecule has 0 saturated carbocycles. The number of benzene rings is 1. The van der Waals surface area contributed by atoms with Crippen molar-refractivity contribution in [1.29, 1.82) is 0 Å². The third-order valence-corrected chi connectivity index (χ3v) is 4.50. The van der Waals surface area contributed by atoms with Crippen molar-refractivity contribution in [1.82, 2.24) is 4.90 Å². The number of aromatic hydroxyl groups is 1. The van der Waals surface area contributed by atoms with Crippen LogP contribution in [0.25, 0.3) is 0 Å². The van der Waals surface area contributed by atoms with E-state index in [-0.39, 0.29) is 17.7 Å². The van der Waals surface area contributed by atoms with Crippen LogP contribution < -0.4 is 0 Å². The number of likely N-dealkylation sites (tertiary alicyclic amines) is 1. The van der Waals surface area contributed by atoms with Crippen molar-refractivity contribution in [2.24, 2.45) is 5.92 Å². The Balaban J connectivity index is 2.29. The van der Waals surface area contributed by atoms with Gasteiger partial charge in [0.2, 0.25) is 0 Å². The molecule has 1 heterocycles. The Morgan fingerprint density at radius 2 is 2.28 bits per heavy atom. The van der Waals surface area contributed by atoms with Gasteiger partial charge in [0.25, 0.3) is 5.91 Å². The van der Waals surface area contributed by atoms with Gasteiger partial charge >= 0.3 is 0 Å². The molecule has 1 aliphatic heterocycles. The van der Waals surface area contributed by atoms with Gasteiger partial charge < -0.3 is 10.0 Å². The van der Waals surface area contributed by atoms with Crippen LogP contribution in [0.4, 0.5) is 0 Å². The lowest BCUT2D eigenvalue weighted by atomic mass is 10.0. The van der Waals surface area contributed by atoms with Crippen LogP contribution in [-0.2, 0) is 0 Å². The highest BCUT2D eigenvalue weighted by atomic mass is 79.9. The number of phenolic OH excluding ortho intramolecular Hbond substituents is 1. The van der Waals surface area contributed by atoms with E-state index in [1.54, 1.807) is 25.1 Å². The summed E-state index contributed by atoms with van der Waals surface area (Å²) in [7, 11) is 0. The normalized spacial score (nSPS) is 23.4. The van der Waals surface area contributed by atoms with Crippen molar-refractivity contribution < 1.29 is 9.90 Å². The molecule has 0 spiro atoms. The molecule has 1 aliphatic rings. The molecule has 0 aliphatic carbocycles. The van der Waals surface area contributed by atoms with E-state index >= 15 is 0 Å². The maximum absolute atomic E-state index is 12.5. The standard InChI is InChI=1S/C14H18BrNO2/c1-9-6-7-16(12(9)8-15)14(18)11-4-3-5-13(17)10(11)2/h3-5,9,12,17H,6-8H2,1-2H3. The lowest BCUT2D eigenvalue weighted by Gasteiger charge is -2.26. The summed E-state index contributed by atoms with van der Waals surface area (Å²) in [5.41, 5.74) is 1.27. The number of alkyl halides is 1. The summed E-state index contributed by atoms with van der Waals surface area (Å²) in [5.74, 6) is 0.728. The number of amides is 1. The average Bonchev–Trinajstić information content (AvgIpc) is 2.73. The SMILES string of the molecule is Cc1c(O)cccc1C(=O)N1CCC(C)C1CBr. The van der Waals surface area contributed by atoms with Gasteiger partial charge in [0.15, 0.2) is 0 Å². The molecule has 1 N–H and O–H groups in total. The summed E-state index contributed by atoms with van der Waals surface area (Å²) in [6.07, 6.45) is 1.04. The van der Waals surface area contributed by atoms with Crippen LogP contribution in [0.3, 0.4) is 0 Å². The highest BCUT2D eigenvalue weighted by molar-refractivity contribution is 9.09. The van der Waals surface area contributed by atoms with Crippen LogP contribution in [-0.4, -0.2) is 33.8 Å². The topological polar surface area (TPSA) is 40.5 Å². The van der Waals surface area contributed by atoms with E-state index in [2.05, 4.69) is 22.9 Å². The molecule has 1 aromatic carbocycles. The van der Waals surface area contributed by atoms with Crippen molar-refractivity contribution >= 4 is 21.8 Å². The van der Waals surface area contributed by atoms with E-state index in [1.807, 2.05) is 4.90 Å².